The second kappa shape index (κ2) is 9.26. The molecule has 0 aliphatic carbocycles. The Morgan fingerprint density at radius 3 is 2.00 bits per heavy atom. The highest BCUT2D eigenvalue weighted by atomic mass is 32.1. The highest BCUT2D eigenvalue weighted by molar-refractivity contribution is 7.22. The van der Waals surface area contributed by atoms with Crippen LogP contribution in [0.4, 0.5) is 0 Å². The van der Waals surface area contributed by atoms with Crippen molar-refractivity contribution in [3.05, 3.63) is 127 Å². The molecule has 5 heteroatoms. The summed E-state index contributed by atoms with van der Waals surface area (Å²) < 4.78 is 7.38. The fraction of sp³-hybridized carbons (Fsp3) is 0. The first-order chi connectivity index (χ1) is 19.8. The molecule has 0 unspecified atom stereocenters. The topological polar surface area (TPSA) is 51.8 Å². The Kier molecular flexibility index (Phi) is 5.28. The van der Waals surface area contributed by atoms with Crippen LogP contribution in [0.1, 0.15) is 0 Å². The minimum atomic E-state index is 0.616. The summed E-state index contributed by atoms with van der Waals surface area (Å²) in [6.07, 6.45) is 0. The molecule has 0 spiro atoms. The Morgan fingerprint density at radius 2 is 1.12 bits per heavy atom. The van der Waals surface area contributed by atoms with E-state index in [-0.39, 0.29) is 0 Å². The summed E-state index contributed by atoms with van der Waals surface area (Å²) >= 11 is 1.69. The number of nitrogens with zero attached hydrogens (tertiary/aromatic N) is 3. The molecule has 0 aliphatic rings. The van der Waals surface area contributed by atoms with E-state index in [1.54, 1.807) is 11.3 Å². The van der Waals surface area contributed by atoms with Crippen molar-refractivity contribution in [2.75, 3.05) is 0 Å². The summed E-state index contributed by atoms with van der Waals surface area (Å²) in [6.45, 7) is 0. The SMILES string of the molecule is c1ccc(-c2cccc(-c3nc(-c4ccc5c(c4)oc4ccccc45)nc(-c4cc5ccccc5s4)n3)c2)cc1. The van der Waals surface area contributed by atoms with Gasteiger partial charge in [-0.15, -0.1) is 11.3 Å². The number of fused-ring (bicyclic) bond motifs is 4. The molecular formula is C35H21N3OS. The maximum absolute atomic E-state index is 6.18. The van der Waals surface area contributed by atoms with Crippen molar-refractivity contribution in [1.82, 2.24) is 15.0 Å². The van der Waals surface area contributed by atoms with Gasteiger partial charge in [-0.3, -0.25) is 0 Å². The number of thiophene rings is 1. The predicted octanol–water partition coefficient (Wildman–Crippen LogP) is 9.65. The lowest BCUT2D eigenvalue weighted by atomic mass is 10.0. The van der Waals surface area contributed by atoms with Crippen LogP contribution in [0.25, 0.3) is 76.6 Å². The summed E-state index contributed by atoms with van der Waals surface area (Å²) in [7, 11) is 0. The molecule has 0 saturated heterocycles. The van der Waals surface area contributed by atoms with Gasteiger partial charge in [-0.2, -0.15) is 0 Å². The number of hydrogen-bond acceptors (Lipinski definition) is 5. The number of rotatable bonds is 4. The second-order valence-corrected chi connectivity index (χ2v) is 10.8. The normalized spacial score (nSPS) is 11.5. The maximum atomic E-state index is 6.18. The van der Waals surface area contributed by atoms with Gasteiger partial charge in [-0.25, -0.2) is 15.0 Å². The van der Waals surface area contributed by atoms with Gasteiger partial charge in [-0.05, 0) is 52.9 Å². The first-order valence-corrected chi connectivity index (χ1v) is 13.9. The maximum Gasteiger partial charge on any atom is 0.174 e. The van der Waals surface area contributed by atoms with Crippen LogP contribution in [-0.2, 0) is 0 Å². The van der Waals surface area contributed by atoms with E-state index < -0.39 is 0 Å². The Hall–Kier alpha value is -5.13. The smallest absolute Gasteiger partial charge is 0.174 e. The molecule has 0 fully saturated rings. The van der Waals surface area contributed by atoms with Gasteiger partial charge in [-0.1, -0.05) is 91.0 Å². The monoisotopic (exact) mass is 531 g/mol. The van der Waals surface area contributed by atoms with E-state index in [0.29, 0.717) is 17.5 Å². The van der Waals surface area contributed by atoms with Crippen LogP contribution in [-0.4, -0.2) is 15.0 Å². The quantitative estimate of drug-likeness (QED) is 0.227. The van der Waals surface area contributed by atoms with Crippen molar-refractivity contribution in [2.24, 2.45) is 0 Å². The molecule has 4 nitrogen and oxygen atoms in total. The molecule has 0 atom stereocenters. The molecule has 0 N–H and O–H groups in total. The molecule has 0 radical (unpaired) electrons. The van der Waals surface area contributed by atoms with Crippen LogP contribution in [0.15, 0.2) is 132 Å². The number of benzene rings is 5. The summed E-state index contributed by atoms with van der Waals surface area (Å²) in [5.41, 5.74) is 5.78. The van der Waals surface area contributed by atoms with Gasteiger partial charge in [0.25, 0.3) is 0 Å². The van der Waals surface area contributed by atoms with Gasteiger partial charge in [0, 0.05) is 26.6 Å². The lowest BCUT2D eigenvalue weighted by molar-refractivity contribution is 0.669. The standard InChI is InChI=1S/C35H21N3OS/c1-2-9-22(10-3-1)23-12-8-13-25(19-23)33-36-34(38-35(37-33)32-21-24-11-4-7-16-31(24)40-32)26-17-18-28-27-14-5-6-15-29(27)39-30(28)20-26/h1-21H. The van der Waals surface area contributed by atoms with E-state index in [2.05, 4.69) is 97.1 Å². The molecule has 8 aromatic rings. The molecule has 3 aromatic heterocycles. The number of furan rings is 1. The molecule has 40 heavy (non-hydrogen) atoms. The molecule has 0 bridgehead atoms. The summed E-state index contributed by atoms with van der Waals surface area (Å²) in [5.74, 6) is 1.92. The molecule has 0 saturated carbocycles. The van der Waals surface area contributed by atoms with Crippen molar-refractivity contribution in [3.8, 4) is 44.6 Å². The Labute approximate surface area is 234 Å². The molecule has 3 heterocycles. The summed E-state index contributed by atoms with van der Waals surface area (Å²) in [6, 6.07) is 43.6. The van der Waals surface area contributed by atoms with Gasteiger partial charge in [0.15, 0.2) is 17.5 Å². The van der Waals surface area contributed by atoms with Crippen LogP contribution < -0.4 is 0 Å². The van der Waals surface area contributed by atoms with Gasteiger partial charge < -0.3 is 4.42 Å². The summed E-state index contributed by atoms with van der Waals surface area (Å²) in [5, 5.41) is 3.36. The van der Waals surface area contributed by atoms with Crippen LogP contribution in [0, 0.1) is 0 Å². The van der Waals surface area contributed by atoms with E-state index in [1.807, 2.05) is 30.3 Å². The molecule has 0 amide bonds. The van der Waals surface area contributed by atoms with Crippen molar-refractivity contribution >= 4 is 43.4 Å². The zero-order valence-electron chi connectivity index (χ0n) is 21.3. The fourth-order valence-electron chi connectivity index (χ4n) is 5.17. The molecule has 0 aliphatic heterocycles. The Balaban J connectivity index is 1.32. The average molecular weight is 532 g/mol. The van der Waals surface area contributed by atoms with Crippen LogP contribution in [0.5, 0.6) is 0 Å². The van der Waals surface area contributed by atoms with Gasteiger partial charge in [0.1, 0.15) is 11.2 Å². The van der Waals surface area contributed by atoms with E-state index in [1.165, 1.54) is 10.1 Å². The van der Waals surface area contributed by atoms with E-state index in [9.17, 15) is 0 Å². The average Bonchev–Trinajstić information content (AvgIpc) is 3.63. The van der Waals surface area contributed by atoms with Crippen molar-refractivity contribution < 1.29 is 4.42 Å². The lowest BCUT2D eigenvalue weighted by Gasteiger charge is -2.09. The number of para-hydroxylation sites is 1. The molecule has 8 rings (SSSR count). The molecule has 188 valence electrons. The predicted molar refractivity (Wildman–Crippen MR) is 164 cm³/mol. The van der Waals surface area contributed by atoms with Gasteiger partial charge in [0.2, 0.25) is 0 Å². The third-order valence-electron chi connectivity index (χ3n) is 7.15. The number of aromatic nitrogens is 3. The first-order valence-electron chi connectivity index (χ1n) is 13.1. The highest BCUT2D eigenvalue weighted by Crippen LogP contribution is 2.35. The largest absolute Gasteiger partial charge is 0.456 e. The first kappa shape index (κ1) is 22.8. The fourth-order valence-corrected chi connectivity index (χ4v) is 6.17. The zero-order valence-corrected chi connectivity index (χ0v) is 22.1. The van der Waals surface area contributed by atoms with Crippen LogP contribution in [0.3, 0.4) is 0 Å². The molecule has 5 aromatic carbocycles. The van der Waals surface area contributed by atoms with Gasteiger partial charge >= 0.3 is 0 Å². The lowest BCUT2D eigenvalue weighted by Crippen LogP contribution is -1.99. The van der Waals surface area contributed by atoms with Crippen molar-refractivity contribution in [3.63, 3.8) is 0 Å². The number of hydrogen-bond donors (Lipinski definition) is 0. The minimum absolute atomic E-state index is 0.616. The highest BCUT2D eigenvalue weighted by Gasteiger charge is 2.16. The zero-order chi connectivity index (χ0) is 26.5. The Morgan fingerprint density at radius 1 is 0.450 bits per heavy atom. The third kappa shape index (κ3) is 3.96. The molecular weight excluding hydrogens is 510 g/mol. The van der Waals surface area contributed by atoms with E-state index in [0.717, 1.165) is 49.1 Å². The summed E-state index contributed by atoms with van der Waals surface area (Å²) in [4.78, 5) is 16.0. The second-order valence-electron chi connectivity index (χ2n) is 9.71. The minimum Gasteiger partial charge on any atom is -0.456 e. The van der Waals surface area contributed by atoms with Crippen LogP contribution in [0.2, 0.25) is 0 Å². The Bertz CT molecular complexity index is 2150. The van der Waals surface area contributed by atoms with Crippen molar-refractivity contribution in [2.45, 2.75) is 0 Å². The van der Waals surface area contributed by atoms with Crippen molar-refractivity contribution in [1.29, 1.82) is 0 Å². The van der Waals surface area contributed by atoms with E-state index in [4.69, 9.17) is 19.4 Å². The van der Waals surface area contributed by atoms with Crippen LogP contribution >= 0.6 is 11.3 Å². The van der Waals surface area contributed by atoms with E-state index >= 15 is 0 Å². The third-order valence-corrected chi connectivity index (χ3v) is 8.26. The van der Waals surface area contributed by atoms with Gasteiger partial charge in [0.05, 0.1) is 4.88 Å².